The molecule has 1 aliphatic rings. The number of aromatic nitrogens is 1. The van der Waals surface area contributed by atoms with Crippen LogP contribution in [-0.4, -0.2) is 17.1 Å². The smallest absolute Gasteiger partial charge is 0.0306 e. The topological polar surface area (TPSA) is 24.9 Å². The minimum atomic E-state index is 0.173. The second kappa shape index (κ2) is 5.48. The van der Waals surface area contributed by atoms with Crippen LogP contribution in [0.2, 0.25) is 0 Å². The summed E-state index contributed by atoms with van der Waals surface area (Å²) in [5, 5.41) is 3.72. The molecule has 0 unspecified atom stereocenters. The first-order valence-corrected chi connectivity index (χ1v) is 8.00. The second-order valence-electron chi connectivity index (χ2n) is 7.69. The van der Waals surface area contributed by atoms with Gasteiger partial charge < -0.3 is 5.32 Å². The molecular formula is C18H30N2. The van der Waals surface area contributed by atoms with Crippen molar-refractivity contribution in [1.29, 1.82) is 0 Å². The lowest BCUT2D eigenvalue weighted by atomic mass is 9.48. The van der Waals surface area contributed by atoms with Crippen LogP contribution in [0.1, 0.15) is 65.9 Å². The SMILES string of the molecule is CCC1(CC)CC(CNC(C)(C)C)(c2cccnc2)C1. The monoisotopic (exact) mass is 274 g/mol. The Bertz CT molecular complexity index is 418. The fourth-order valence-electron chi connectivity index (χ4n) is 3.68. The summed E-state index contributed by atoms with van der Waals surface area (Å²) in [6.45, 7) is 12.5. The van der Waals surface area contributed by atoms with Gasteiger partial charge >= 0.3 is 0 Å². The maximum absolute atomic E-state index is 4.35. The summed E-state index contributed by atoms with van der Waals surface area (Å²) in [6, 6.07) is 4.33. The summed E-state index contributed by atoms with van der Waals surface area (Å²) in [5.74, 6) is 0. The molecule has 0 aliphatic heterocycles. The van der Waals surface area contributed by atoms with Crippen molar-refractivity contribution in [2.75, 3.05) is 6.54 Å². The van der Waals surface area contributed by atoms with Crippen LogP contribution in [0.3, 0.4) is 0 Å². The molecule has 1 aliphatic carbocycles. The number of nitrogens with zero attached hydrogens (tertiary/aromatic N) is 1. The summed E-state index contributed by atoms with van der Waals surface area (Å²) in [6.07, 6.45) is 9.12. The van der Waals surface area contributed by atoms with Crippen LogP contribution in [0, 0.1) is 5.41 Å². The highest BCUT2D eigenvalue weighted by Crippen LogP contribution is 2.58. The summed E-state index contributed by atoms with van der Waals surface area (Å²) in [4.78, 5) is 4.35. The Labute approximate surface area is 124 Å². The molecule has 1 heterocycles. The lowest BCUT2D eigenvalue weighted by Gasteiger charge is -2.57. The molecule has 1 aromatic rings. The number of pyridine rings is 1. The molecule has 2 heteroatoms. The lowest BCUT2D eigenvalue weighted by Crippen LogP contribution is -2.56. The van der Waals surface area contributed by atoms with Gasteiger partial charge in [-0.1, -0.05) is 32.8 Å². The maximum Gasteiger partial charge on any atom is 0.0306 e. The van der Waals surface area contributed by atoms with E-state index >= 15 is 0 Å². The van der Waals surface area contributed by atoms with E-state index in [1.54, 1.807) is 0 Å². The van der Waals surface area contributed by atoms with Crippen LogP contribution in [-0.2, 0) is 5.41 Å². The minimum absolute atomic E-state index is 0.173. The molecule has 0 bridgehead atoms. The van der Waals surface area contributed by atoms with Crippen LogP contribution < -0.4 is 5.32 Å². The van der Waals surface area contributed by atoms with Gasteiger partial charge in [0, 0.05) is 29.9 Å². The van der Waals surface area contributed by atoms with E-state index in [0.717, 1.165) is 6.54 Å². The average molecular weight is 274 g/mol. The van der Waals surface area contributed by atoms with Gasteiger partial charge in [-0.15, -0.1) is 0 Å². The van der Waals surface area contributed by atoms with Crippen molar-refractivity contribution in [3.05, 3.63) is 30.1 Å². The van der Waals surface area contributed by atoms with Crippen molar-refractivity contribution in [2.45, 2.75) is 71.3 Å². The standard InChI is InChI=1S/C18H30N2/c1-6-17(7-2)12-18(13-17,14-20-16(3,4)5)15-9-8-10-19-11-15/h8-11,20H,6-7,12-14H2,1-5H3. The Kier molecular flexibility index (Phi) is 4.24. The number of hydrogen-bond acceptors (Lipinski definition) is 2. The molecule has 20 heavy (non-hydrogen) atoms. The van der Waals surface area contributed by atoms with Crippen molar-refractivity contribution in [2.24, 2.45) is 5.41 Å². The normalized spacial score (nSPS) is 20.4. The summed E-state index contributed by atoms with van der Waals surface area (Å²) >= 11 is 0. The van der Waals surface area contributed by atoms with E-state index in [1.807, 2.05) is 6.20 Å². The molecule has 0 aromatic carbocycles. The molecule has 0 saturated heterocycles. The quantitative estimate of drug-likeness (QED) is 0.865. The van der Waals surface area contributed by atoms with Gasteiger partial charge in [-0.05, 0) is 50.7 Å². The van der Waals surface area contributed by atoms with Crippen molar-refractivity contribution in [1.82, 2.24) is 10.3 Å². The van der Waals surface area contributed by atoms with E-state index in [0.29, 0.717) is 5.41 Å². The predicted molar refractivity (Wildman–Crippen MR) is 85.9 cm³/mol. The highest BCUT2D eigenvalue weighted by Gasteiger charge is 2.53. The van der Waals surface area contributed by atoms with Gasteiger partial charge in [-0.3, -0.25) is 4.98 Å². The van der Waals surface area contributed by atoms with Gasteiger partial charge in [0.15, 0.2) is 0 Å². The van der Waals surface area contributed by atoms with Gasteiger partial charge in [-0.2, -0.15) is 0 Å². The lowest BCUT2D eigenvalue weighted by molar-refractivity contribution is 0.00923. The van der Waals surface area contributed by atoms with E-state index in [9.17, 15) is 0 Å². The van der Waals surface area contributed by atoms with Gasteiger partial charge in [-0.25, -0.2) is 0 Å². The average Bonchev–Trinajstić information content (AvgIpc) is 2.38. The molecule has 1 aromatic heterocycles. The number of rotatable bonds is 5. The molecule has 1 saturated carbocycles. The predicted octanol–water partition coefficient (Wildman–Crippen LogP) is 4.31. The van der Waals surface area contributed by atoms with Gasteiger partial charge in [0.2, 0.25) is 0 Å². The Morgan fingerprint density at radius 1 is 1.20 bits per heavy atom. The van der Waals surface area contributed by atoms with Crippen LogP contribution in [0.5, 0.6) is 0 Å². The molecule has 1 fully saturated rings. The van der Waals surface area contributed by atoms with Crippen molar-refractivity contribution < 1.29 is 0 Å². The van der Waals surface area contributed by atoms with Gasteiger partial charge in [0.25, 0.3) is 0 Å². The van der Waals surface area contributed by atoms with Crippen molar-refractivity contribution in [3.8, 4) is 0 Å². The molecule has 0 atom stereocenters. The van der Waals surface area contributed by atoms with Crippen LogP contribution >= 0.6 is 0 Å². The highest BCUT2D eigenvalue weighted by molar-refractivity contribution is 5.29. The van der Waals surface area contributed by atoms with E-state index in [4.69, 9.17) is 0 Å². The maximum atomic E-state index is 4.35. The third kappa shape index (κ3) is 3.06. The van der Waals surface area contributed by atoms with Crippen molar-refractivity contribution in [3.63, 3.8) is 0 Å². The Balaban J connectivity index is 2.19. The minimum Gasteiger partial charge on any atom is -0.311 e. The van der Waals surface area contributed by atoms with Gasteiger partial charge in [0.1, 0.15) is 0 Å². The van der Waals surface area contributed by atoms with Crippen molar-refractivity contribution >= 4 is 0 Å². The zero-order chi connectivity index (χ0) is 14.9. The molecule has 0 amide bonds. The largest absolute Gasteiger partial charge is 0.311 e. The Morgan fingerprint density at radius 2 is 1.85 bits per heavy atom. The molecule has 1 N–H and O–H groups in total. The molecule has 0 radical (unpaired) electrons. The zero-order valence-electron chi connectivity index (χ0n) is 13.8. The van der Waals surface area contributed by atoms with E-state index in [1.165, 1.54) is 31.2 Å². The second-order valence-corrected chi connectivity index (χ2v) is 7.69. The van der Waals surface area contributed by atoms with Crippen LogP contribution in [0.15, 0.2) is 24.5 Å². The highest BCUT2D eigenvalue weighted by atomic mass is 15.0. The molecule has 2 nitrogen and oxygen atoms in total. The fourth-order valence-corrected chi connectivity index (χ4v) is 3.68. The zero-order valence-corrected chi connectivity index (χ0v) is 13.8. The number of nitrogens with one attached hydrogen (secondary N) is 1. The molecular weight excluding hydrogens is 244 g/mol. The molecule has 0 spiro atoms. The first-order valence-electron chi connectivity index (χ1n) is 8.00. The fraction of sp³-hybridized carbons (Fsp3) is 0.722. The molecule has 2 rings (SSSR count). The van der Waals surface area contributed by atoms with E-state index in [2.05, 4.69) is 63.2 Å². The number of hydrogen-bond donors (Lipinski definition) is 1. The summed E-state index contributed by atoms with van der Waals surface area (Å²) in [7, 11) is 0. The molecule has 112 valence electrons. The first kappa shape index (κ1) is 15.5. The van der Waals surface area contributed by atoms with E-state index in [-0.39, 0.29) is 11.0 Å². The van der Waals surface area contributed by atoms with Crippen LogP contribution in [0.4, 0.5) is 0 Å². The summed E-state index contributed by atoms with van der Waals surface area (Å²) < 4.78 is 0. The van der Waals surface area contributed by atoms with Gasteiger partial charge in [0.05, 0.1) is 0 Å². The van der Waals surface area contributed by atoms with E-state index < -0.39 is 0 Å². The summed E-state index contributed by atoms with van der Waals surface area (Å²) in [5.41, 5.74) is 2.42. The Hall–Kier alpha value is -0.890. The van der Waals surface area contributed by atoms with Crippen LogP contribution in [0.25, 0.3) is 0 Å². The third-order valence-corrected chi connectivity index (χ3v) is 5.16. The first-order chi connectivity index (χ1) is 9.35. The Morgan fingerprint density at radius 3 is 2.30 bits per heavy atom. The third-order valence-electron chi connectivity index (χ3n) is 5.16.